The molecule has 1 amide bonds. The maximum Gasteiger partial charge on any atom is 0.412 e. The van der Waals surface area contributed by atoms with Crippen molar-refractivity contribution in [1.82, 2.24) is 5.32 Å². The van der Waals surface area contributed by atoms with E-state index in [1.54, 1.807) is 6.07 Å². The summed E-state index contributed by atoms with van der Waals surface area (Å²) in [6.45, 7) is -2.25. The van der Waals surface area contributed by atoms with Crippen molar-refractivity contribution in [2.75, 3.05) is 27.3 Å². The van der Waals surface area contributed by atoms with Gasteiger partial charge >= 0.3 is 19.7 Å². The number of carbonyl (C=O) groups excluding carboxylic acids is 2. The molecular weight excluding hydrogens is 452 g/mol. The Morgan fingerprint density at radius 1 is 1.22 bits per heavy atom. The number of benzene rings is 1. The normalized spacial score (nSPS) is 29.2. The number of hydrogen-bond donors (Lipinski definition) is 2. The van der Waals surface area contributed by atoms with Gasteiger partial charge in [-0.25, -0.2) is 0 Å². The van der Waals surface area contributed by atoms with Gasteiger partial charge in [-0.1, -0.05) is 18.2 Å². The molecule has 0 radical (unpaired) electrons. The first kappa shape index (κ1) is 24.7. The van der Waals surface area contributed by atoms with Crippen molar-refractivity contribution in [1.29, 1.82) is 0 Å². The summed E-state index contributed by atoms with van der Waals surface area (Å²) in [5.74, 6) is -2.11. The summed E-state index contributed by atoms with van der Waals surface area (Å²) in [4.78, 5) is 25.5. The van der Waals surface area contributed by atoms with E-state index in [2.05, 4.69) is 5.32 Å². The number of rotatable bonds is 8. The Kier molecular flexibility index (Phi) is 7.65. The molecule has 2 aliphatic rings. The number of likely N-dealkylation sites (N-methyl/N-ethyl adjacent to an activating group) is 1. The second-order valence-electron chi connectivity index (χ2n) is 8.03. The molecular formula is C20H27F3N2O6P+. The van der Waals surface area contributed by atoms with Crippen LogP contribution in [0.1, 0.15) is 19.3 Å². The maximum atomic E-state index is 13.6. The van der Waals surface area contributed by atoms with Crippen molar-refractivity contribution in [3.05, 3.63) is 30.3 Å². The Labute approximate surface area is 183 Å². The van der Waals surface area contributed by atoms with Crippen molar-refractivity contribution in [2.45, 2.75) is 43.6 Å². The fraction of sp³-hybridized carbons (Fsp3) is 0.600. The van der Waals surface area contributed by atoms with Gasteiger partial charge in [0.05, 0.1) is 24.5 Å². The Morgan fingerprint density at radius 2 is 1.91 bits per heavy atom. The summed E-state index contributed by atoms with van der Waals surface area (Å²) in [7, 11) is -1.09. The molecule has 0 aliphatic carbocycles. The van der Waals surface area contributed by atoms with Crippen LogP contribution in [-0.2, 0) is 27.9 Å². The standard InChI is InChI=1S/C20H26F3N2O6P/c1-24-17(26)11-29-19(27)18-15-9-8-13(25(15)2)10-16(18)31-32(28,30-12-20(21,22)23)14-6-4-3-5-7-14/h3-7,13,15-16,18H,8-12H2,1-2H3,(H,24,26)/p+1/t13?,15?,16?,18-,32?/m1/s1. The molecule has 2 fully saturated rings. The average Bonchev–Trinajstić information content (AvgIpc) is 2.99. The van der Waals surface area contributed by atoms with E-state index < -0.39 is 50.9 Å². The van der Waals surface area contributed by atoms with E-state index in [0.29, 0.717) is 12.8 Å². The van der Waals surface area contributed by atoms with Crippen LogP contribution < -0.4 is 15.5 Å². The van der Waals surface area contributed by atoms with Gasteiger partial charge in [0, 0.05) is 26.3 Å². The molecule has 0 saturated carbocycles. The predicted octanol–water partition coefficient (Wildman–Crippen LogP) is 0.824. The van der Waals surface area contributed by atoms with Gasteiger partial charge < -0.3 is 19.5 Å². The molecule has 2 aliphatic heterocycles. The molecule has 3 rings (SSSR count). The lowest BCUT2D eigenvalue weighted by atomic mass is 9.88. The molecule has 6 atom stereocenters. The summed E-state index contributed by atoms with van der Waals surface area (Å²) >= 11 is 0. The van der Waals surface area contributed by atoms with Crippen LogP contribution in [0.2, 0.25) is 0 Å². The van der Waals surface area contributed by atoms with E-state index >= 15 is 0 Å². The number of carbonyl (C=O) groups is 2. The number of nitrogens with one attached hydrogen (secondary N) is 2. The first-order chi connectivity index (χ1) is 15.0. The summed E-state index contributed by atoms with van der Waals surface area (Å²) in [5, 5.41) is 2.32. The fourth-order valence-corrected chi connectivity index (χ4v) is 6.19. The zero-order chi connectivity index (χ0) is 23.5. The predicted molar refractivity (Wildman–Crippen MR) is 107 cm³/mol. The van der Waals surface area contributed by atoms with Gasteiger partial charge in [0.1, 0.15) is 12.0 Å². The highest BCUT2D eigenvalue weighted by molar-refractivity contribution is 7.62. The highest BCUT2D eigenvalue weighted by Crippen LogP contribution is 2.51. The number of amides is 1. The third-order valence-corrected chi connectivity index (χ3v) is 8.00. The molecule has 2 saturated heterocycles. The summed E-state index contributed by atoms with van der Waals surface area (Å²) in [6, 6.07) is 7.24. The Balaban J connectivity index is 1.87. The lowest BCUT2D eigenvalue weighted by Gasteiger charge is -2.39. The molecule has 1 aromatic rings. The molecule has 1 aromatic carbocycles. The van der Waals surface area contributed by atoms with Gasteiger partial charge in [0.25, 0.3) is 5.91 Å². The largest absolute Gasteiger partial charge is 0.455 e. The number of esters is 1. The topological polar surface area (TPSA) is 95.4 Å². The van der Waals surface area contributed by atoms with Gasteiger partial charge in [0.15, 0.2) is 13.2 Å². The first-order valence-corrected chi connectivity index (χ1v) is 11.8. The van der Waals surface area contributed by atoms with E-state index in [1.165, 1.54) is 31.3 Å². The third kappa shape index (κ3) is 5.70. The van der Waals surface area contributed by atoms with Crippen LogP contribution >= 0.6 is 7.60 Å². The van der Waals surface area contributed by atoms with Gasteiger partial charge in [-0.05, 0) is 12.1 Å². The Bertz CT molecular complexity index is 869. The molecule has 2 heterocycles. The minimum absolute atomic E-state index is 0.0275. The molecule has 2 bridgehead atoms. The number of ether oxygens (including phenoxy) is 1. The van der Waals surface area contributed by atoms with Crippen LogP contribution in [0.4, 0.5) is 13.2 Å². The number of halogens is 3. The highest BCUT2D eigenvalue weighted by atomic mass is 31.2. The van der Waals surface area contributed by atoms with Crippen molar-refractivity contribution in [3.63, 3.8) is 0 Å². The SMILES string of the molecule is CNC(=O)COC(=O)[C@H]1C(OP(=O)(OCC(F)(F)F)c2ccccc2)CC2CCC1[NH+]2C. The van der Waals surface area contributed by atoms with E-state index in [4.69, 9.17) is 13.8 Å². The summed E-state index contributed by atoms with van der Waals surface area (Å²) in [5.41, 5.74) is 0. The maximum absolute atomic E-state index is 13.6. The molecule has 32 heavy (non-hydrogen) atoms. The van der Waals surface area contributed by atoms with Crippen molar-refractivity contribution in [2.24, 2.45) is 5.92 Å². The molecule has 5 unspecified atom stereocenters. The van der Waals surface area contributed by atoms with Crippen molar-refractivity contribution >= 4 is 24.8 Å². The van der Waals surface area contributed by atoms with Crippen LogP contribution in [0.15, 0.2) is 30.3 Å². The lowest BCUT2D eigenvalue weighted by molar-refractivity contribution is -0.926. The number of quaternary nitrogens is 1. The minimum atomic E-state index is -4.71. The minimum Gasteiger partial charge on any atom is -0.455 e. The van der Waals surface area contributed by atoms with Crippen LogP contribution in [0, 0.1) is 5.92 Å². The molecule has 8 nitrogen and oxygen atoms in total. The third-order valence-electron chi connectivity index (χ3n) is 6.05. The van der Waals surface area contributed by atoms with Crippen LogP contribution in [0.25, 0.3) is 0 Å². The zero-order valence-electron chi connectivity index (χ0n) is 17.8. The van der Waals surface area contributed by atoms with Crippen molar-refractivity contribution < 1.29 is 46.0 Å². The average molecular weight is 479 g/mol. The van der Waals surface area contributed by atoms with E-state index in [-0.39, 0.29) is 17.4 Å². The number of alkyl halides is 3. The molecule has 12 heteroatoms. The van der Waals surface area contributed by atoms with Gasteiger partial charge in [-0.15, -0.1) is 0 Å². The second-order valence-corrected chi connectivity index (χ2v) is 10.0. The number of hydrogen-bond acceptors (Lipinski definition) is 6. The van der Waals surface area contributed by atoms with Gasteiger partial charge in [-0.2, -0.15) is 13.2 Å². The summed E-state index contributed by atoms with van der Waals surface area (Å²) in [6.07, 6.45) is -3.93. The Morgan fingerprint density at radius 3 is 2.53 bits per heavy atom. The van der Waals surface area contributed by atoms with Crippen molar-refractivity contribution in [3.8, 4) is 0 Å². The molecule has 0 spiro atoms. The zero-order valence-corrected chi connectivity index (χ0v) is 18.7. The van der Waals surface area contributed by atoms with E-state index in [0.717, 1.165) is 11.3 Å². The fourth-order valence-electron chi connectivity index (χ4n) is 4.43. The van der Waals surface area contributed by atoms with Gasteiger partial charge in [0.2, 0.25) is 0 Å². The van der Waals surface area contributed by atoms with E-state index in [9.17, 15) is 27.3 Å². The highest BCUT2D eigenvalue weighted by Gasteiger charge is 2.55. The molecule has 2 N–H and O–H groups in total. The quantitative estimate of drug-likeness (QED) is 0.424. The van der Waals surface area contributed by atoms with Gasteiger partial charge in [-0.3, -0.25) is 18.7 Å². The molecule has 178 valence electrons. The lowest BCUT2D eigenvalue weighted by Crippen LogP contribution is -3.16. The summed E-state index contributed by atoms with van der Waals surface area (Å²) < 4.78 is 67.9. The first-order valence-electron chi connectivity index (χ1n) is 10.3. The smallest absolute Gasteiger partial charge is 0.412 e. The van der Waals surface area contributed by atoms with E-state index in [1.807, 2.05) is 7.05 Å². The number of piperidine rings is 1. The number of fused-ring (bicyclic) bond motifs is 2. The van der Waals surface area contributed by atoms with Crippen LogP contribution in [0.5, 0.6) is 0 Å². The second kappa shape index (κ2) is 9.91. The van der Waals surface area contributed by atoms with Crippen LogP contribution in [-0.4, -0.2) is 63.5 Å². The van der Waals surface area contributed by atoms with Crippen LogP contribution in [0.3, 0.4) is 0 Å². The monoisotopic (exact) mass is 479 g/mol. The molecule has 0 aromatic heterocycles. The Hall–Kier alpha value is -1.94.